The van der Waals surface area contributed by atoms with Crippen LogP contribution < -0.4 is 15.8 Å². The van der Waals surface area contributed by atoms with Crippen LogP contribution in [0.4, 0.5) is 5.82 Å². The largest absolute Gasteiger partial charge is 0.480 e. The lowest BCUT2D eigenvalue weighted by Crippen LogP contribution is -2.56. The number of carbonyl (C=O) groups excluding carboxylic acids is 3. The molecule has 2 atom stereocenters. The number of aromatic nitrogens is 1. The number of nitrogens with zero attached hydrogens (tertiary/aromatic N) is 3. The molecule has 0 aliphatic carbocycles. The summed E-state index contributed by atoms with van der Waals surface area (Å²) >= 11 is 6.05. The molecule has 206 valence electrons. The predicted molar refractivity (Wildman–Crippen MR) is 135 cm³/mol. The lowest BCUT2D eigenvalue weighted by atomic mass is 9.97. The van der Waals surface area contributed by atoms with E-state index < -0.39 is 5.91 Å². The van der Waals surface area contributed by atoms with Crippen LogP contribution in [0, 0.1) is 5.92 Å². The van der Waals surface area contributed by atoms with Crippen molar-refractivity contribution in [2.45, 2.75) is 31.4 Å². The zero-order chi connectivity index (χ0) is 26.9. The molecule has 0 bridgehead atoms. The number of piperidine rings is 2. The van der Waals surface area contributed by atoms with Gasteiger partial charge in [-0.2, -0.15) is 4.98 Å². The van der Waals surface area contributed by atoms with Crippen LogP contribution in [-0.4, -0.2) is 112 Å². The van der Waals surface area contributed by atoms with E-state index in [-0.39, 0.29) is 65.4 Å². The molecule has 2 amide bonds. The number of anilines is 1. The summed E-state index contributed by atoms with van der Waals surface area (Å²) in [5.74, 6) is -0.645. The first-order valence-electron chi connectivity index (χ1n) is 12.3. The van der Waals surface area contributed by atoms with Crippen LogP contribution in [0.5, 0.6) is 5.88 Å². The highest BCUT2D eigenvalue weighted by molar-refractivity contribution is 6.33. The van der Waals surface area contributed by atoms with Crippen molar-refractivity contribution >= 4 is 35.2 Å². The van der Waals surface area contributed by atoms with Gasteiger partial charge in [-0.25, -0.2) is 0 Å². The molecule has 1 aromatic heterocycles. The first-order valence-corrected chi connectivity index (χ1v) is 12.6. The minimum Gasteiger partial charge on any atom is -0.480 e. The van der Waals surface area contributed by atoms with Gasteiger partial charge in [0.15, 0.2) is 0 Å². The van der Waals surface area contributed by atoms with Gasteiger partial charge in [0.25, 0.3) is 5.91 Å². The molecule has 2 aliphatic rings. The fraction of sp³-hybridized carbons (Fsp3) is 0.667. The third-order valence-electron chi connectivity index (χ3n) is 6.74. The Hall–Kier alpha value is -2.67. The van der Waals surface area contributed by atoms with Crippen LogP contribution in [0.2, 0.25) is 5.02 Å². The number of hydrogen-bond acceptors (Lipinski definition) is 10. The monoisotopic (exact) mass is 541 g/mol. The molecule has 3 N–H and O–H groups in total. The predicted octanol–water partition coefficient (Wildman–Crippen LogP) is 0.573. The van der Waals surface area contributed by atoms with Gasteiger partial charge in [-0.1, -0.05) is 11.6 Å². The Kier molecular flexibility index (Phi) is 10.7. The molecule has 13 heteroatoms. The average Bonchev–Trinajstić information content (AvgIpc) is 2.90. The molecule has 37 heavy (non-hydrogen) atoms. The maximum absolute atomic E-state index is 12.9. The summed E-state index contributed by atoms with van der Waals surface area (Å²) in [5.41, 5.74) is 5.89. The molecule has 2 saturated heterocycles. The summed E-state index contributed by atoms with van der Waals surface area (Å²) in [6.07, 6.45) is 1.44. The van der Waals surface area contributed by atoms with Gasteiger partial charge in [0.1, 0.15) is 18.0 Å². The number of ether oxygens (including phenoxy) is 4. The lowest BCUT2D eigenvalue weighted by Gasteiger charge is -2.39. The van der Waals surface area contributed by atoms with E-state index in [1.807, 2.05) is 4.90 Å². The molecule has 12 nitrogen and oxygen atoms in total. The minimum atomic E-state index is -0.397. The lowest BCUT2D eigenvalue weighted by molar-refractivity contribution is -0.153. The third-order valence-corrected chi connectivity index (χ3v) is 7.04. The van der Waals surface area contributed by atoms with Crippen molar-refractivity contribution in [3.05, 3.63) is 16.7 Å². The summed E-state index contributed by atoms with van der Waals surface area (Å²) in [7, 11) is 4.53. The van der Waals surface area contributed by atoms with Crippen LogP contribution in [0.3, 0.4) is 0 Å². The van der Waals surface area contributed by atoms with Crippen LogP contribution in [0.15, 0.2) is 6.07 Å². The number of amides is 2. The van der Waals surface area contributed by atoms with Crippen molar-refractivity contribution in [1.29, 1.82) is 0 Å². The molecule has 0 unspecified atom stereocenters. The Morgan fingerprint density at radius 1 is 1.14 bits per heavy atom. The maximum atomic E-state index is 12.9. The Bertz CT molecular complexity index is 958. The second-order valence-electron chi connectivity index (χ2n) is 9.11. The number of nitrogens with two attached hydrogens (primary N) is 1. The van der Waals surface area contributed by atoms with Gasteiger partial charge < -0.3 is 34.9 Å². The summed E-state index contributed by atoms with van der Waals surface area (Å²) in [6.45, 7) is 2.97. The summed E-state index contributed by atoms with van der Waals surface area (Å²) < 4.78 is 20.9. The standard InChI is InChI=1S/C24H36ClN5O7/c1-34-10-11-37-24(33)15-4-8-30(9-5-15)20(31)14-29-7-6-18(19(13-29)35-2)27-22(32)16-12-17(25)21(26)28-23(16)36-3/h12,15,18-19H,4-11,13-14H2,1-3H3,(H2,26,28)(H,27,32)/t18-,19+/m1/s1. The smallest absolute Gasteiger partial charge is 0.309 e. The fourth-order valence-electron chi connectivity index (χ4n) is 4.58. The molecule has 3 heterocycles. The maximum Gasteiger partial charge on any atom is 0.309 e. The number of halogens is 1. The van der Waals surface area contributed by atoms with Gasteiger partial charge in [-0.05, 0) is 25.3 Å². The number of hydrogen-bond donors (Lipinski definition) is 2. The molecule has 0 spiro atoms. The Morgan fingerprint density at radius 2 is 1.86 bits per heavy atom. The van der Waals surface area contributed by atoms with E-state index in [0.717, 1.165) is 0 Å². The highest BCUT2D eigenvalue weighted by atomic mass is 35.5. The number of esters is 1. The van der Waals surface area contributed by atoms with E-state index in [4.69, 9.17) is 36.3 Å². The van der Waals surface area contributed by atoms with Crippen molar-refractivity contribution in [3.63, 3.8) is 0 Å². The molecular weight excluding hydrogens is 506 g/mol. The van der Waals surface area contributed by atoms with Gasteiger partial charge >= 0.3 is 5.97 Å². The van der Waals surface area contributed by atoms with Gasteiger partial charge in [-0.3, -0.25) is 19.3 Å². The van der Waals surface area contributed by atoms with E-state index in [2.05, 4.69) is 10.3 Å². The fourth-order valence-corrected chi connectivity index (χ4v) is 4.73. The zero-order valence-electron chi connectivity index (χ0n) is 21.5. The van der Waals surface area contributed by atoms with Gasteiger partial charge in [-0.15, -0.1) is 0 Å². The SMILES string of the molecule is COCCOC(=O)C1CCN(C(=O)CN2CC[C@@H](NC(=O)c3cc(Cl)c(N)nc3OC)[C@@H](OC)C2)CC1. The van der Waals surface area contributed by atoms with E-state index in [0.29, 0.717) is 52.0 Å². The Morgan fingerprint density at radius 3 is 2.51 bits per heavy atom. The highest BCUT2D eigenvalue weighted by Crippen LogP contribution is 2.26. The van der Waals surface area contributed by atoms with E-state index in [1.165, 1.54) is 13.2 Å². The second kappa shape index (κ2) is 13.8. The summed E-state index contributed by atoms with van der Waals surface area (Å²) in [5, 5.41) is 3.13. The molecule has 0 radical (unpaired) electrons. The molecule has 2 aliphatic heterocycles. The van der Waals surface area contributed by atoms with Gasteiger partial charge in [0.05, 0.1) is 43.3 Å². The molecule has 2 fully saturated rings. The van der Waals surface area contributed by atoms with Crippen LogP contribution >= 0.6 is 11.6 Å². The normalized spacial score (nSPS) is 20.9. The number of pyridine rings is 1. The minimum absolute atomic E-state index is 0.0101. The Labute approximate surface area is 221 Å². The molecular formula is C24H36ClN5O7. The number of carbonyl (C=O) groups is 3. The number of likely N-dealkylation sites (tertiary alicyclic amines) is 2. The van der Waals surface area contributed by atoms with E-state index in [9.17, 15) is 14.4 Å². The van der Waals surface area contributed by atoms with Crippen molar-refractivity contribution in [2.24, 2.45) is 5.92 Å². The number of nitrogens with one attached hydrogen (secondary N) is 1. The van der Waals surface area contributed by atoms with Gasteiger partial charge in [0.2, 0.25) is 11.8 Å². The van der Waals surface area contributed by atoms with Crippen LogP contribution in [0.1, 0.15) is 29.6 Å². The van der Waals surface area contributed by atoms with Crippen molar-refractivity contribution in [2.75, 3.05) is 73.0 Å². The second-order valence-corrected chi connectivity index (χ2v) is 9.51. The quantitative estimate of drug-likeness (QED) is 0.318. The summed E-state index contributed by atoms with van der Waals surface area (Å²) in [6, 6.07) is 1.15. The van der Waals surface area contributed by atoms with Crippen LogP contribution in [0.25, 0.3) is 0 Å². The molecule has 3 rings (SSSR count). The molecule has 0 saturated carbocycles. The van der Waals surface area contributed by atoms with Gasteiger partial charge in [0, 0.05) is 40.4 Å². The van der Waals surface area contributed by atoms with Crippen molar-refractivity contribution < 1.29 is 33.3 Å². The summed E-state index contributed by atoms with van der Waals surface area (Å²) in [4.78, 5) is 45.8. The number of rotatable bonds is 10. The van der Waals surface area contributed by atoms with E-state index >= 15 is 0 Å². The molecule has 0 aromatic carbocycles. The number of methoxy groups -OCH3 is 3. The first-order chi connectivity index (χ1) is 17.8. The topological polar surface area (TPSA) is 146 Å². The van der Waals surface area contributed by atoms with Crippen molar-refractivity contribution in [1.82, 2.24) is 20.1 Å². The third kappa shape index (κ3) is 7.67. The van der Waals surface area contributed by atoms with Crippen LogP contribution in [-0.2, 0) is 23.8 Å². The molecule has 1 aromatic rings. The first kappa shape index (κ1) is 28.9. The number of nitrogen functional groups attached to an aromatic ring is 1. The zero-order valence-corrected chi connectivity index (χ0v) is 22.3. The Balaban J connectivity index is 1.49. The van der Waals surface area contributed by atoms with E-state index in [1.54, 1.807) is 19.1 Å². The van der Waals surface area contributed by atoms with Crippen molar-refractivity contribution in [3.8, 4) is 5.88 Å². The highest BCUT2D eigenvalue weighted by Gasteiger charge is 2.34. The average molecular weight is 542 g/mol.